The molecule has 2 heterocycles. The van der Waals surface area contributed by atoms with Gasteiger partial charge < -0.3 is 9.88 Å². The monoisotopic (exact) mass is 307 g/mol. The van der Waals surface area contributed by atoms with Crippen molar-refractivity contribution < 1.29 is 0 Å². The van der Waals surface area contributed by atoms with Gasteiger partial charge in [-0.3, -0.25) is 4.90 Å². The van der Waals surface area contributed by atoms with Gasteiger partial charge in [-0.25, -0.2) is 0 Å². The van der Waals surface area contributed by atoms with Gasteiger partial charge in [-0.05, 0) is 34.6 Å². The number of halogens is 1. The van der Waals surface area contributed by atoms with Crippen LogP contribution in [0.1, 0.15) is 5.56 Å². The van der Waals surface area contributed by atoms with E-state index in [0.29, 0.717) is 0 Å². The zero-order chi connectivity index (χ0) is 12.5. The van der Waals surface area contributed by atoms with Gasteiger partial charge in [0.25, 0.3) is 0 Å². The summed E-state index contributed by atoms with van der Waals surface area (Å²) in [7, 11) is 2.19. The molecule has 1 fully saturated rings. The molecule has 3 rings (SSSR count). The molecule has 0 aliphatic carbocycles. The Kier molecular flexibility index (Phi) is 3.41. The molecule has 18 heavy (non-hydrogen) atoms. The Morgan fingerprint density at radius 2 is 2.00 bits per heavy atom. The number of para-hydroxylation sites is 1. The van der Waals surface area contributed by atoms with Crippen LogP contribution in [0.2, 0.25) is 0 Å². The fourth-order valence-corrected chi connectivity index (χ4v) is 3.03. The molecular weight excluding hydrogens is 290 g/mol. The van der Waals surface area contributed by atoms with Crippen molar-refractivity contribution in [2.75, 3.05) is 33.2 Å². The standard InChI is InChI=1S/C14H18BrN3/c1-17-5-7-18(8-6-17)10-11-9-16-14-12(11)3-2-4-13(14)15/h2-4,9,16H,5-8,10H2,1H3. The fourth-order valence-electron chi connectivity index (χ4n) is 2.55. The van der Waals surface area contributed by atoms with Gasteiger partial charge in [0.2, 0.25) is 0 Å². The van der Waals surface area contributed by atoms with Crippen LogP contribution in [-0.4, -0.2) is 48.0 Å². The molecule has 0 saturated carbocycles. The highest BCUT2D eigenvalue weighted by molar-refractivity contribution is 9.10. The van der Waals surface area contributed by atoms with E-state index in [0.717, 1.165) is 24.1 Å². The van der Waals surface area contributed by atoms with Crippen LogP contribution >= 0.6 is 15.9 Å². The van der Waals surface area contributed by atoms with E-state index in [1.54, 1.807) is 0 Å². The van der Waals surface area contributed by atoms with Gasteiger partial charge >= 0.3 is 0 Å². The highest BCUT2D eigenvalue weighted by atomic mass is 79.9. The first kappa shape index (κ1) is 12.2. The maximum absolute atomic E-state index is 3.59. The lowest BCUT2D eigenvalue weighted by Crippen LogP contribution is -2.43. The molecule has 1 aromatic heterocycles. The van der Waals surface area contributed by atoms with Crippen molar-refractivity contribution in [3.63, 3.8) is 0 Å². The van der Waals surface area contributed by atoms with E-state index in [1.807, 2.05) is 0 Å². The normalized spacial score (nSPS) is 18.6. The molecule has 1 aromatic carbocycles. The first-order valence-corrected chi connectivity index (χ1v) is 7.19. The van der Waals surface area contributed by atoms with E-state index in [1.165, 1.54) is 29.6 Å². The number of piperazine rings is 1. The van der Waals surface area contributed by atoms with Crippen LogP contribution < -0.4 is 0 Å². The predicted octanol–water partition coefficient (Wildman–Crippen LogP) is 2.68. The summed E-state index contributed by atoms with van der Waals surface area (Å²) in [5, 5.41) is 1.34. The minimum Gasteiger partial charge on any atom is -0.360 e. The average molecular weight is 308 g/mol. The summed E-state index contributed by atoms with van der Waals surface area (Å²) in [4.78, 5) is 8.29. The maximum atomic E-state index is 3.59. The van der Waals surface area contributed by atoms with Crippen molar-refractivity contribution in [1.82, 2.24) is 14.8 Å². The van der Waals surface area contributed by atoms with E-state index >= 15 is 0 Å². The lowest BCUT2D eigenvalue weighted by molar-refractivity contribution is 0.148. The fraction of sp³-hybridized carbons (Fsp3) is 0.429. The van der Waals surface area contributed by atoms with Crippen molar-refractivity contribution in [1.29, 1.82) is 0 Å². The van der Waals surface area contributed by atoms with Crippen LogP contribution in [0.3, 0.4) is 0 Å². The van der Waals surface area contributed by atoms with E-state index in [9.17, 15) is 0 Å². The van der Waals surface area contributed by atoms with E-state index < -0.39 is 0 Å². The number of aromatic amines is 1. The quantitative estimate of drug-likeness (QED) is 0.921. The third kappa shape index (κ3) is 2.32. The van der Waals surface area contributed by atoms with Crippen molar-refractivity contribution >= 4 is 26.8 Å². The smallest absolute Gasteiger partial charge is 0.0601 e. The summed E-state index contributed by atoms with van der Waals surface area (Å²) in [6.45, 7) is 5.72. The topological polar surface area (TPSA) is 22.3 Å². The molecule has 3 nitrogen and oxygen atoms in total. The molecule has 0 amide bonds. The summed E-state index contributed by atoms with van der Waals surface area (Å²) in [6.07, 6.45) is 2.15. The number of nitrogens with one attached hydrogen (secondary N) is 1. The Bertz CT molecular complexity index is 541. The molecule has 0 radical (unpaired) electrons. The van der Waals surface area contributed by atoms with Crippen molar-refractivity contribution in [2.45, 2.75) is 6.54 Å². The Labute approximate surface area is 116 Å². The number of nitrogens with zero attached hydrogens (tertiary/aromatic N) is 2. The zero-order valence-electron chi connectivity index (χ0n) is 10.6. The molecule has 96 valence electrons. The SMILES string of the molecule is CN1CCN(Cc2c[nH]c3c(Br)cccc23)CC1. The number of hydrogen-bond acceptors (Lipinski definition) is 2. The number of aromatic nitrogens is 1. The molecular formula is C14H18BrN3. The van der Waals surface area contributed by atoms with Crippen molar-refractivity contribution in [2.24, 2.45) is 0 Å². The summed E-state index contributed by atoms with van der Waals surface area (Å²) in [6, 6.07) is 6.38. The molecule has 4 heteroatoms. The van der Waals surface area contributed by atoms with Gasteiger partial charge in [0.1, 0.15) is 0 Å². The number of fused-ring (bicyclic) bond motifs is 1. The first-order chi connectivity index (χ1) is 8.74. The van der Waals surface area contributed by atoms with Gasteiger partial charge in [-0.2, -0.15) is 0 Å². The highest BCUT2D eigenvalue weighted by Gasteiger charge is 2.15. The second-order valence-corrected chi connectivity index (χ2v) is 5.91. The van der Waals surface area contributed by atoms with Gasteiger partial charge in [0.15, 0.2) is 0 Å². The van der Waals surface area contributed by atoms with E-state index in [4.69, 9.17) is 0 Å². The van der Waals surface area contributed by atoms with Crippen LogP contribution in [0.5, 0.6) is 0 Å². The lowest BCUT2D eigenvalue weighted by atomic mass is 10.1. The third-order valence-corrected chi connectivity index (χ3v) is 4.40. The molecule has 0 atom stereocenters. The molecule has 2 aromatic rings. The second kappa shape index (κ2) is 5.03. The van der Waals surface area contributed by atoms with Crippen LogP contribution in [0.25, 0.3) is 10.9 Å². The molecule has 0 bridgehead atoms. The van der Waals surface area contributed by atoms with Crippen molar-refractivity contribution in [3.8, 4) is 0 Å². The summed E-state index contributed by atoms with van der Waals surface area (Å²) in [5.74, 6) is 0. The van der Waals surface area contributed by atoms with Crippen LogP contribution in [0.15, 0.2) is 28.9 Å². The minimum absolute atomic E-state index is 1.05. The molecule has 1 N–H and O–H groups in total. The predicted molar refractivity (Wildman–Crippen MR) is 78.8 cm³/mol. The molecule has 1 aliphatic heterocycles. The average Bonchev–Trinajstić information content (AvgIpc) is 2.77. The summed E-state index contributed by atoms with van der Waals surface area (Å²) < 4.78 is 1.14. The number of benzene rings is 1. The van der Waals surface area contributed by atoms with Crippen molar-refractivity contribution in [3.05, 3.63) is 34.4 Å². The second-order valence-electron chi connectivity index (χ2n) is 5.06. The Hall–Kier alpha value is -0.840. The van der Waals surface area contributed by atoms with Crippen LogP contribution in [0, 0.1) is 0 Å². The third-order valence-electron chi connectivity index (χ3n) is 3.74. The lowest BCUT2D eigenvalue weighted by Gasteiger charge is -2.32. The maximum Gasteiger partial charge on any atom is 0.0601 e. The number of likely N-dealkylation sites (N-methyl/N-ethyl adjacent to an activating group) is 1. The van der Waals surface area contributed by atoms with Gasteiger partial charge in [0.05, 0.1) is 5.52 Å². The Balaban J connectivity index is 1.81. The first-order valence-electron chi connectivity index (χ1n) is 6.39. The number of hydrogen-bond donors (Lipinski definition) is 1. The molecule has 0 spiro atoms. The van der Waals surface area contributed by atoms with Crippen LogP contribution in [0.4, 0.5) is 0 Å². The van der Waals surface area contributed by atoms with Gasteiger partial charge in [-0.15, -0.1) is 0 Å². The highest BCUT2D eigenvalue weighted by Crippen LogP contribution is 2.26. The van der Waals surface area contributed by atoms with E-state index in [2.05, 4.69) is 62.2 Å². The Morgan fingerprint density at radius 1 is 1.22 bits per heavy atom. The molecule has 0 unspecified atom stereocenters. The zero-order valence-corrected chi connectivity index (χ0v) is 12.2. The van der Waals surface area contributed by atoms with E-state index in [-0.39, 0.29) is 0 Å². The number of H-pyrrole nitrogens is 1. The Morgan fingerprint density at radius 3 is 2.78 bits per heavy atom. The summed E-state index contributed by atoms with van der Waals surface area (Å²) >= 11 is 3.59. The summed E-state index contributed by atoms with van der Waals surface area (Å²) in [5.41, 5.74) is 2.61. The van der Waals surface area contributed by atoms with Crippen LogP contribution in [-0.2, 0) is 6.54 Å². The van der Waals surface area contributed by atoms with Gasteiger partial charge in [0, 0.05) is 48.8 Å². The number of rotatable bonds is 2. The van der Waals surface area contributed by atoms with Gasteiger partial charge in [-0.1, -0.05) is 12.1 Å². The minimum atomic E-state index is 1.05. The largest absolute Gasteiger partial charge is 0.360 e. The molecule has 1 saturated heterocycles. The molecule has 1 aliphatic rings.